The van der Waals surface area contributed by atoms with E-state index in [0.29, 0.717) is 25.2 Å². The molecule has 1 aliphatic heterocycles. The van der Waals surface area contributed by atoms with E-state index in [4.69, 9.17) is 9.47 Å². The highest BCUT2D eigenvalue weighted by Gasteiger charge is 2.39. The molecule has 8 heteroatoms. The molecular formula is C31H38N2O6. The quantitative estimate of drug-likeness (QED) is 0.311. The largest absolute Gasteiger partial charge is 0.508 e. The number of phenols is 1. The van der Waals surface area contributed by atoms with Crippen molar-refractivity contribution in [3.05, 3.63) is 101 Å². The number of ether oxygens (including phenoxy) is 2. The van der Waals surface area contributed by atoms with E-state index in [1.165, 1.54) is 6.92 Å². The van der Waals surface area contributed by atoms with Crippen molar-refractivity contribution < 1.29 is 29.6 Å². The number of aliphatic hydroxyl groups excluding tert-OH is 2. The van der Waals surface area contributed by atoms with Gasteiger partial charge < -0.3 is 35.0 Å². The molecule has 3 aromatic rings. The van der Waals surface area contributed by atoms with Crippen molar-refractivity contribution in [1.82, 2.24) is 10.2 Å². The van der Waals surface area contributed by atoms with Crippen LogP contribution < -0.4 is 5.32 Å². The number of phenolic OH excluding ortho intramolecular Hbond substituents is 1. The van der Waals surface area contributed by atoms with Gasteiger partial charge in [0.05, 0.1) is 24.9 Å². The summed E-state index contributed by atoms with van der Waals surface area (Å²) in [5, 5.41) is 32.8. The maximum Gasteiger partial charge on any atom is 0.217 e. The zero-order chi connectivity index (χ0) is 27.9. The van der Waals surface area contributed by atoms with E-state index in [1.54, 1.807) is 24.3 Å². The van der Waals surface area contributed by atoms with Gasteiger partial charge in [-0.05, 0) is 41.4 Å². The zero-order valence-electron chi connectivity index (χ0n) is 22.7. The van der Waals surface area contributed by atoms with Gasteiger partial charge in [0.25, 0.3) is 0 Å². The summed E-state index contributed by atoms with van der Waals surface area (Å²) in [6, 6.07) is 22.3. The Labute approximate surface area is 229 Å². The van der Waals surface area contributed by atoms with Crippen LogP contribution in [0.1, 0.15) is 60.2 Å². The van der Waals surface area contributed by atoms with Crippen LogP contribution in [0.25, 0.3) is 0 Å². The van der Waals surface area contributed by atoms with Crippen molar-refractivity contribution >= 4 is 5.91 Å². The number of carbonyl (C=O) groups excluding carboxylic acids is 1. The Kier molecular flexibility index (Phi) is 9.72. The third kappa shape index (κ3) is 7.65. The van der Waals surface area contributed by atoms with Gasteiger partial charge in [-0.15, -0.1) is 0 Å². The smallest absolute Gasteiger partial charge is 0.217 e. The van der Waals surface area contributed by atoms with E-state index in [0.717, 1.165) is 22.3 Å². The summed E-state index contributed by atoms with van der Waals surface area (Å²) in [5.74, 6) is 0.0421. The number of nitrogens with zero attached hydrogens (tertiary/aromatic N) is 1. The van der Waals surface area contributed by atoms with Crippen LogP contribution in [0.5, 0.6) is 5.75 Å². The fourth-order valence-corrected chi connectivity index (χ4v) is 4.86. The highest BCUT2D eigenvalue weighted by Crippen LogP contribution is 2.42. The maximum atomic E-state index is 11.3. The maximum absolute atomic E-state index is 11.3. The summed E-state index contributed by atoms with van der Waals surface area (Å²) in [5.41, 5.74) is 4.34. The van der Waals surface area contributed by atoms with Crippen LogP contribution in [0, 0.1) is 5.92 Å². The van der Waals surface area contributed by atoms with Crippen molar-refractivity contribution in [3.63, 3.8) is 0 Å². The van der Waals surface area contributed by atoms with E-state index in [-0.39, 0.29) is 36.4 Å². The SMILES string of the molecule is CC(=O)NCc1ccc([C@H]2O[C@@H](CN(C)C[C@@H](O)c3cccc(O)c3)[C@@H](C)[C@@H](c3ccc(CO)cc3)O2)cc1. The Morgan fingerprint density at radius 2 is 1.67 bits per heavy atom. The molecule has 1 amide bonds. The Bertz CT molecular complexity index is 1220. The Morgan fingerprint density at radius 1 is 1.00 bits per heavy atom. The first-order valence-corrected chi connectivity index (χ1v) is 13.2. The van der Waals surface area contributed by atoms with Crippen molar-refractivity contribution in [1.29, 1.82) is 0 Å². The molecule has 0 aromatic heterocycles. The zero-order valence-corrected chi connectivity index (χ0v) is 22.7. The van der Waals surface area contributed by atoms with Crippen LogP contribution in [-0.2, 0) is 27.4 Å². The summed E-state index contributed by atoms with van der Waals surface area (Å²) in [7, 11) is 1.94. The fourth-order valence-electron chi connectivity index (χ4n) is 4.86. The molecule has 0 bridgehead atoms. The van der Waals surface area contributed by atoms with Gasteiger partial charge in [0.1, 0.15) is 5.75 Å². The molecule has 4 N–H and O–H groups in total. The van der Waals surface area contributed by atoms with Crippen LogP contribution >= 0.6 is 0 Å². The third-order valence-corrected chi connectivity index (χ3v) is 7.15. The first-order chi connectivity index (χ1) is 18.7. The third-order valence-electron chi connectivity index (χ3n) is 7.15. The Morgan fingerprint density at radius 3 is 2.31 bits per heavy atom. The number of hydrogen-bond acceptors (Lipinski definition) is 7. The molecule has 0 aliphatic carbocycles. The lowest BCUT2D eigenvalue weighted by atomic mass is 9.90. The van der Waals surface area contributed by atoms with Gasteiger partial charge in [-0.3, -0.25) is 4.79 Å². The molecule has 5 atom stereocenters. The van der Waals surface area contributed by atoms with Gasteiger partial charge >= 0.3 is 0 Å². The number of benzene rings is 3. The van der Waals surface area contributed by atoms with E-state index in [9.17, 15) is 20.1 Å². The molecule has 3 aromatic carbocycles. The van der Waals surface area contributed by atoms with Crippen LogP contribution in [0.2, 0.25) is 0 Å². The number of rotatable bonds is 10. The molecule has 1 saturated heterocycles. The van der Waals surface area contributed by atoms with E-state index in [2.05, 4.69) is 12.2 Å². The monoisotopic (exact) mass is 534 g/mol. The standard InChI is InChI=1S/C31H38N2O6/c1-20-29(18-33(3)17-28(37)26-5-4-6-27(36)15-26)38-31(25-13-7-22(8-14-25)16-32-21(2)35)39-30(20)24-11-9-23(19-34)10-12-24/h4-15,20,28-31,34,36-37H,16-19H2,1-3H3,(H,32,35)/t20-,28-,29+,30+,31+/m1/s1. The predicted molar refractivity (Wildman–Crippen MR) is 147 cm³/mol. The fraction of sp³-hybridized carbons (Fsp3) is 0.387. The first-order valence-electron chi connectivity index (χ1n) is 13.2. The topological polar surface area (TPSA) is 111 Å². The molecular weight excluding hydrogens is 496 g/mol. The molecule has 1 aliphatic rings. The van der Waals surface area contributed by atoms with E-state index < -0.39 is 12.4 Å². The summed E-state index contributed by atoms with van der Waals surface area (Å²) >= 11 is 0. The summed E-state index contributed by atoms with van der Waals surface area (Å²) < 4.78 is 13.0. The average Bonchev–Trinajstić information content (AvgIpc) is 2.93. The highest BCUT2D eigenvalue weighted by molar-refractivity contribution is 5.72. The molecule has 1 fully saturated rings. The van der Waals surface area contributed by atoms with E-state index >= 15 is 0 Å². The lowest BCUT2D eigenvalue weighted by Crippen LogP contribution is -2.44. The van der Waals surface area contributed by atoms with Crippen molar-refractivity contribution in [2.45, 2.75) is 51.6 Å². The number of hydrogen-bond donors (Lipinski definition) is 4. The molecule has 4 rings (SSSR count). The summed E-state index contributed by atoms with van der Waals surface area (Å²) in [6.07, 6.45) is -1.81. The Balaban J connectivity index is 1.52. The number of aromatic hydroxyl groups is 1. The minimum atomic E-state index is -0.758. The van der Waals surface area contributed by atoms with Gasteiger partial charge in [-0.1, -0.05) is 67.6 Å². The lowest BCUT2D eigenvalue weighted by Gasteiger charge is -2.42. The molecule has 8 nitrogen and oxygen atoms in total. The van der Waals surface area contributed by atoms with Gasteiger partial charge in [0.15, 0.2) is 6.29 Å². The molecule has 208 valence electrons. The van der Waals surface area contributed by atoms with Gasteiger partial charge in [-0.25, -0.2) is 0 Å². The van der Waals surface area contributed by atoms with Crippen LogP contribution in [-0.4, -0.2) is 52.4 Å². The van der Waals surface area contributed by atoms with E-state index in [1.807, 2.05) is 60.5 Å². The van der Waals surface area contributed by atoms with Crippen LogP contribution in [0.4, 0.5) is 0 Å². The number of amides is 1. The highest BCUT2D eigenvalue weighted by atomic mass is 16.7. The molecule has 0 spiro atoms. The normalized spacial score (nSPS) is 22.0. The number of carbonyl (C=O) groups is 1. The predicted octanol–water partition coefficient (Wildman–Crippen LogP) is 3.98. The molecule has 0 unspecified atom stereocenters. The Hall–Kier alpha value is -3.27. The average molecular weight is 535 g/mol. The lowest BCUT2D eigenvalue weighted by molar-refractivity contribution is -0.276. The molecule has 39 heavy (non-hydrogen) atoms. The van der Waals surface area contributed by atoms with Gasteiger partial charge in [-0.2, -0.15) is 0 Å². The van der Waals surface area contributed by atoms with Crippen molar-refractivity contribution in [3.8, 4) is 5.75 Å². The molecule has 0 radical (unpaired) electrons. The second-order valence-electron chi connectivity index (χ2n) is 10.3. The minimum absolute atomic E-state index is 0.000582. The first kappa shape index (κ1) is 28.7. The number of aliphatic hydroxyl groups is 2. The second-order valence-corrected chi connectivity index (χ2v) is 10.3. The minimum Gasteiger partial charge on any atom is -0.508 e. The van der Waals surface area contributed by atoms with Gasteiger partial charge in [0.2, 0.25) is 5.91 Å². The van der Waals surface area contributed by atoms with Crippen molar-refractivity contribution in [2.75, 3.05) is 20.1 Å². The number of nitrogens with one attached hydrogen (secondary N) is 1. The van der Waals surface area contributed by atoms with Crippen molar-refractivity contribution in [2.24, 2.45) is 5.92 Å². The summed E-state index contributed by atoms with van der Waals surface area (Å²) in [6.45, 7) is 4.95. The molecule has 1 heterocycles. The van der Waals surface area contributed by atoms with Crippen LogP contribution in [0.15, 0.2) is 72.8 Å². The molecule has 0 saturated carbocycles. The second kappa shape index (κ2) is 13.2. The number of likely N-dealkylation sites (N-methyl/N-ethyl adjacent to an activating group) is 1. The summed E-state index contributed by atoms with van der Waals surface area (Å²) in [4.78, 5) is 13.3. The van der Waals surface area contributed by atoms with Gasteiger partial charge in [0, 0.05) is 38.0 Å². The van der Waals surface area contributed by atoms with Crippen LogP contribution in [0.3, 0.4) is 0 Å².